The van der Waals surface area contributed by atoms with E-state index >= 15 is 0 Å². The van der Waals surface area contributed by atoms with E-state index in [1.165, 1.54) is 4.90 Å². The first-order valence-electron chi connectivity index (χ1n) is 8.70. The summed E-state index contributed by atoms with van der Waals surface area (Å²) in [5, 5.41) is 2.69. The molecule has 1 heterocycles. The molecule has 1 aromatic heterocycles. The first kappa shape index (κ1) is 19.4. The van der Waals surface area contributed by atoms with Gasteiger partial charge in [0.15, 0.2) is 0 Å². The number of ether oxygens (including phenoxy) is 1. The van der Waals surface area contributed by atoms with Gasteiger partial charge in [0.2, 0.25) is 5.91 Å². The fraction of sp³-hybridized carbons (Fsp3) is 0.350. The fourth-order valence-electron chi connectivity index (χ4n) is 2.32. The number of anilines is 1. The highest BCUT2D eigenvalue weighted by Gasteiger charge is 2.15. The molecule has 0 aliphatic carbocycles. The van der Waals surface area contributed by atoms with Crippen LogP contribution in [0.3, 0.4) is 0 Å². The molecule has 6 nitrogen and oxygen atoms in total. The lowest BCUT2D eigenvalue weighted by molar-refractivity contribution is -0.116. The van der Waals surface area contributed by atoms with Crippen molar-refractivity contribution in [1.29, 1.82) is 0 Å². The number of hydrogen-bond acceptors (Lipinski definition) is 4. The number of hydrogen-bond donors (Lipinski definition) is 1. The van der Waals surface area contributed by atoms with Gasteiger partial charge in [-0.05, 0) is 55.3 Å². The van der Waals surface area contributed by atoms with E-state index in [2.05, 4.69) is 17.2 Å². The van der Waals surface area contributed by atoms with Crippen molar-refractivity contribution in [1.82, 2.24) is 9.88 Å². The van der Waals surface area contributed by atoms with Crippen LogP contribution >= 0.6 is 0 Å². The molecule has 0 spiro atoms. The summed E-state index contributed by atoms with van der Waals surface area (Å²) >= 11 is 0. The van der Waals surface area contributed by atoms with Gasteiger partial charge in [0.05, 0.1) is 13.2 Å². The Morgan fingerprint density at radius 3 is 2.58 bits per heavy atom. The van der Waals surface area contributed by atoms with Gasteiger partial charge in [-0.2, -0.15) is 0 Å². The van der Waals surface area contributed by atoms with Crippen LogP contribution in [0.25, 0.3) is 0 Å². The van der Waals surface area contributed by atoms with Crippen molar-refractivity contribution < 1.29 is 14.3 Å². The van der Waals surface area contributed by atoms with E-state index in [4.69, 9.17) is 4.74 Å². The van der Waals surface area contributed by atoms with Crippen molar-refractivity contribution in [3.8, 4) is 5.75 Å². The Morgan fingerprint density at radius 2 is 1.92 bits per heavy atom. The SMILES string of the molecule is CCCCOc1ccc(C(=O)N(C)CC(=O)Nc2cc(C)ccn2)cc1. The van der Waals surface area contributed by atoms with Gasteiger partial charge in [-0.3, -0.25) is 9.59 Å². The van der Waals surface area contributed by atoms with E-state index in [0.29, 0.717) is 18.0 Å². The van der Waals surface area contributed by atoms with Gasteiger partial charge in [0.1, 0.15) is 11.6 Å². The Labute approximate surface area is 154 Å². The molecule has 0 atom stereocenters. The van der Waals surface area contributed by atoms with Crippen LogP contribution in [0.1, 0.15) is 35.7 Å². The number of unbranched alkanes of at least 4 members (excludes halogenated alkanes) is 1. The lowest BCUT2D eigenvalue weighted by atomic mass is 10.2. The van der Waals surface area contributed by atoms with Gasteiger partial charge in [0.25, 0.3) is 5.91 Å². The molecule has 0 saturated heterocycles. The maximum Gasteiger partial charge on any atom is 0.254 e. The van der Waals surface area contributed by atoms with Gasteiger partial charge in [-0.25, -0.2) is 4.98 Å². The van der Waals surface area contributed by atoms with Crippen molar-refractivity contribution in [2.45, 2.75) is 26.7 Å². The number of aromatic nitrogens is 1. The summed E-state index contributed by atoms with van der Waals surface area (Å²) < 4.78 is 5.59. The molecule has 0 radical (unpaired) electrons. The molecular formula is C20H25N3O3. The van der Waals surface area contributed by atoms with E-state index in [1.807, 2.05) is 13.0 Å². The maximum atomic E-state index is 12.4. The number of nitrogens with zero attached hydrogens (tertiary/aromatic N) is 2. The fourth-order valence-corrected chi connectivity index (χ4v) is 2.32. The van der Waals surface area contributed by atoms with Crippen molar-refractivity contribution in [2.75, 3.05) is 25.5 Å². The molecule has 26 heavy (non-hydrogen) atoms. The van der Waals surface area contributed by atoms with E-state index in [0.717, 1.165) is 24.2 Å². The first-order chi connectivity index (χ1) is 12.5. The zero-order valence-electron chi connectivity index (χ0n) is 15.5. The molecule has 0 fully saturated rings. The quantitative estimate of drug-likeness (QED) is 0.738. The number of rotatable bonds is 8. The van der Waals surface area contributed by atoms with E-state index < -0.39 is 0 Å². The zero-order valence-corrected chi connectivity index (χ0v) is 15.5. The molecule has 2 aromatic rings. The van der Waals surface area contributed by atoms with Crippen molar-refractivity contribution >= 4 is 17.6 Å². The van der Waals surface area contributed by atoms with Gasteiger partial charge >= 0.3 is 0 Å². The van der Waals surface area contributed by atoms with E-state index in [9.17, 15) is 9.59 Å². The molecule has 6 heteroatoms. The van der Waals surface area contributed by atoms with Gasteiger partial charge in [0, 0.05) is 18.8 Å². The molecule has 0 aliphatic rings. The summed E-state index contributed by atoms with van der Waals surface area (Å²) in [6, 6.07) is 10.6. The highest BCUT2D eigenvalue weighted by molar-refractivity contribution is 5.99. The Morgan fingerprint density at radius 1 is 1.19 bits per heavy atom. The minimum absolute atomic E-state index is 0.0524. The second-order valence-electron chi connectivity index (χ2n) is 6.15. The van der Waals surface area contributed by atoms with Crippen LogP contribution in [-0.2, 0) is 4.79 Å². The summed E-state index contributed by atoms with van der Waals surface area (Å²) in [6.45, 7) is 4.63. The second kappa shape index (κ2) is 9.56. The summed E-state index contributed by atoms with van der Waals surface area (Å²) in [6.07, 6.45) is 3.69. The number of likely N-dealkylation sites (N-methyl/N-ethyl adjacent to an activating group) is 1. The predicted molar refractivity (Wildman–Crippen MR) is 101 cm³/mol. The lowest BCUT2D eigenvalue weighted by Gasteiger charge is -2.17. The molecule has 0 saturated carbocycles. The largest absolute Gasteiger partial charge is 0.494 e. The van der Waals surface area contributed by atoms with Crippen LogP contribution in [0.5, 0.6) is 5.75 Å². The third-order valence-electron chi connectivity index (χ3n) is 3.78. The molecule has 138 valence electrons. The minimum Gasteiger partial charge on any atom is -0.494 e. The molecule has 1 aromatic carbocycles. The normalized spacial score (nSPS) is 10.3. The summed E-state index contributed by atoms with van der Waals surface area (Å²) in [4.78, 5) is 30.0. The van der Waals surface area contributed by atoms with Crippen molar-refractivity contribution in [3.05, 3.63) is 53.7 Å². The minimum atomic E-state index is -0.293. The Bertz CT molecular complexity index is 744. The van der Waals surface area contributed by atoms with Crippen molar-refractivity contribution in [2.24, 2.45) is 0 Å². The number of benzene rings is 1. The van der Waals surface area contributed by atoms with Gasteiger partial charge in [-0.1, -0.05) is 13.3 Å². The third kappa shape index (κ3) is 5.88. The number of carbonyl (C=O) groups is 2. The van der Waals surface area contributed by atoms with Crippen LogP contribution in [0.15, 0.2) is 42.6 Å². The second-order valence-corrected chi connectivity index (χ2v) is 6.15. The average molecular weight is 355 g/mol. The molecule has 2 amide bonds. The van der Waals surface area contributed by atoms with Crippen LogP contribution in [-0.4, -0.2) is 41.9 Å². The highest BCUT2D eigenvalue weighted by Crippen LogP contribution is 2.14. The Hall–Kier alpha value is -2.89. The predicted octanol–water partition coefficient (Wildman–Crippen LogP) is 3.28. The topological polar surface area (TPSA) is 71.5 Å². The van der Waals surface area contributed by atoms with Gasteiger partial charge < -0.3 is 15.0 Å². The molecule has 0 aliphatic heterocycles. The zero-order chi connectivity index (χ0) is 18.9. The molecular weight excluding hydrogens is 330 g/mol. The molecule has 2 rings (SSSR count). The molecule has 1 N–H and O–H groups in total. The number of carbonyl (C=O) groups excluding carboxylic acids is 2. The van der Waals surface area contributed by atoms with Crippen LogP contribution < -0.4 is 10.1 Å². The van der Waals surface area contributed by atoms with E-state index in [-0.39, 0.29) is 18.4 Å². The Balaban J connectivity index is 1.89. The number of nitrogens with one attached hydrogen (secondary N) is 1. The van der Waals surface area contributed by atoms with Crippen LogP contribution in [0.2, 0.25) is 0 Å². The highest BCUT2D eigenvalue weighted by atomic mass is 16.5. The first-order valence-corrected chi connectivity index (χ1v) is 8.70. The third-order valence-corrected chi connectivity index (χ3v) is 3.78. The average Bonchev–Trinajstić information content (AvgIpc) is 2.62. The Kier molecular flexibility index (Phi) is 7.14. The molecule has 0 unspecified atom stereocenters. The molecule has 0 bridgehead atoms. The maximum absolute atomic E-state index is 12.4. The van der Waals surface area contributed by atoms with Crippen LogP contribution in [0, 0.1) is 6.92 Å². The number of amides is 2. The lowest BCUT2D eigenvalue weighted by Crippen LogP contribution is -2.35. The van der Waals surface area contributed by atoms with Crippen molar-refractivity contribution in [3.63, 3.8) is 0 Å². The smallest absolute Gasteiger partial charge is 0.254 e. The van der Waals surface area contributed by atoms with Crippen LogP contribution in [0.4, 0.5) is 5.82 Å². The number of pyridine rings is 1. The van der Waals surface area contributed by atoms with E-state index in [1.54, 1.807) is 43.6 Å². The standard InChI is InChI=1S/C20H25N3O3/c1-4-5-12-26-17-8-6-16(7-9-17)20(25)23(3)14-19(24)22-18-13-15(2)10-11-21-18/h6-11,13H,4-5,12,14H2,1-3H3,(H,21,22,24). The summed E-state index contributed by atoms with van der Waals surface area (Å²) in [5.41, 5.74) is 1.51. The number of aryl methyl sites for hydroxylation is 1. The van der Waals surface area contributed by atoms with Gasteiger partial charge in [-0.15, -0.1) is 0 Å². The summed E-state index contributed by atoms with van der Waals surface area (Å²) in [7, 11) is 1.59. The summed E-state index contributed by atoms with van der Waals surface area (Å²) in [5.74, 6) is 0.696. The monoisotopic (exact) mass is 355 g/mol.